The SMILES string of the molecule is CCCOc1ccc(/C=C/C(=O)Nc2nc(-c3ccc(Br)cc3)c(C)s2)cc1. The van der Waals surface area contributed by atoms with E-state index in [1.807, 2.05) is 55.5 Å². The molecule has 6 heteroatoms. The van der Waals surface area contributed by atoms with Crippen molar-refractivity contribution in [2.75, 3.05) is 11.9 Å². The lowest BCUT2D eigenvalue weighted by Crippen LogP contribution is -2.07. The summed E-state index contributed by atoms with van der Waals surface area (Å²) < 4.78 is 6.58. The van der Waals surface area contributed by atoms with Gasteiger partial charge in [-0.15, -0.1) is 11.3 Å². The third kappa shape index (κ3) is 5.53. The smallest absolute Gasteiger partial charge is 0.250 e. The molecule has 28 heavy (non-hydrogen) atoms. The molecule has 0 fully saturated rings. The van der Waals surface area contributed by atoms with E-state index in [0.29, 0.717) is 11.7 Å². The quantitative estimate of drug-likeness (QED) is 0.423. The second-order valence-corrected chi connectivity index (χ2v) is 8.29. The van der Waals surface area contributed by atoms with Crippen LogP contribution in [0.2, 0.25) is 0 Å². The molecule has 1 heterocycles. The predicted molar refractivity (Wildman–Crippen MR) is 120 cm³/mol. The van der Waals surface area contributed by atoms with E-state index in [2.05, 4.69) is 33.2 Å². The molecule has 0 aliphatic carbocycles. The van der Waals surface area contributed by atoms with Crippen molar-refractivity contribution in [3.8, 4) is 17.0 Å². The zero-order valence-corrected chi connectivity index (χ0v) is 18.1. The summed E-state index contributed by atoms with van der Waals surface area (Å²) in [5, 5.41) is 3.43. The Morgan fingerprint density at radius 3 is 2.57 bits per heavy atom. The molecule has 2 aromatic carbocycles. The van der Waals surface area contributed by atoms with Crippen molar-refractivity contribution in [2.24, 2.45) is 0 Å². The highest BCUT2D eigenvalue weighted by Gasteiger charge is 2.11. The summed E-state index contributed by atoms with van der Waals surface area (Å²) in [6.45, 7) is 4.78. The normalized spacial score (nSPS) is 11.0. The summed E-state index contributed by atoms with van der Waals surface area (Å²) in [6.07, 6.45) is 4.26. The van der Waals surface area contributed by atoms with Gasteiger partial charge in [0.05, 0.1) is 12.3 Å². The molecule has 0 aliphatic heterocycles. The van der Waals surface area contributed by atoms with E-state index in [1.54, 1.807) is 6.08 Å². The summed E-state index contributed by atoms with van der Waals surface area (Å²) >= 11 is 4.90. The van der Waals surface area contributed by atoms with E-state index >= 15 is 0 Å². The maximum absolute atomic E-state index is 12.2. The van der Waals surface area contributed by atoms with Crippen molar-refractivity contribution < 1.29 is 9.53 Å². The standard InChI is InChI=1S/C22H21BrN2O2S/c1-3-14-27-19-11-4-16(5-12-19)6-13-20(26)24-22-25-21(15(2)28-22)17-7-9-18(23)10-8-17/h4-13H,3,14H2,1-2H3,(H,24,25,26)/b13-6+. The molecule has 1 amide bonds. The van der Waals surface area contributed by atoms with Crippen LogP contribution in [0.4, 0.5) is 5.13 Å². The number of ether oxygens (including phenoxy) is 1. The summed E-state index contributed by atoms with van der Waals surface area (Å²) in [5.41, 5.74) is 2.85. The van der Waals surface area contributed by atoms with Gasteiger partial charge in [-0.1, -0.05) is 47.1 Å². The van der Waals surface area contributed by atoms with Gasteiger partial charge in [-0.25, -0.2) is 4.98 Å². The molecular weight excluding hydrogens is 436 g/mol. The number of nitrogens with zero attached hydrogens (tertiary/aromatic N) is 1. The van der Waals surface area contributed by atoms with Gasteiger partial charge >= 0.3 is 0 Å². The largest absolute Gasteiger partial charge is 0.494 e. The number of amides is 1. The van der Waals surface area contributed by atoms with Crippen LogP contribution in [-0.2, 0) is 4.79 Å². The van der Waals surface area contributed by atoms with Crippen LogP contribution >= 0.6 is 27.3 Å². The zero-order valence-electron chi connectivity index (χ0n) is 15.7. The number of carbonyl (C=O) groups is 1. The number of hydrogen-bond acceptors (Lipinski definition) is 4. The van der Waals surface area contributed by atoms with Gasteiger partial charge in [-0.05, 0) is 49.2 Å². The molecule has 0 saturated carbocycles. The Kier molecular flexibility index (Phi) is 7.01. The number of thiazole rings is 1. The number of carbonyl (C=O) groups excluding carboxylic acids is 1. The molecule has 0 bridgehead atoms. The molecule has 1 aromatic heterocycles. The van der Waals surface area contributed by atoms with Gasteiger partial charge < -0.3 is 4.74 Å². The lowest BCUT2D eigenvalue weighted by molar-refractivity contribution is -0.111. The third-order valence-electron chi connectivity index (χ3n) is 3.92. The molecule has 0 atom stereocenters. The topological polar surface area (TPSA) is 51.2 Å². The number of rotatable bonds is 7. The Hall–Kier alpha value is -2.44. The molecule has 0 saturated heterocycles. The Bertz CT molecular complexity index is 963. The highest BCUT2D eigenvalue weighted by Crippen LogP contribution is 2.31. The van der Waals surface area contributed by atoms with Crippen LogP contribution in [0.5, 0.6) is 5.75 Å². The van der Waals surface area contributed by atoms with E-state index in [0.717, 1.165) is 38.3 Å². The van der Waals surface area contributed by atoms with Gasteiger partial charge in [0.1, 0.15) is 5.75 Å². The molecule has 0 spiro atoms. The molecule has 0 unspecified atom stereocenters. The Morgan fingerprint density at radius 2 is 1.89 bits per heavy atom. The first-order valence-corrected chi connectivity index (χ1v) is 10.6. The summed E-state index contributed by atoms with van der Waals surface area (Å²) in [4.78, 5) is 17.9. The minimum Gasteiger partial charge on any atom is -0.494 e. The number of anilines is 1. The highest BCUT2D eigenvalue weighted by atomic mass is 79.9. The first-order valence-electron chi connectivity index (χ1n) is 9.00. The van der Waals surface area contributed by atoms with Crippen LogP contribution in [0.15, 0.2) is 59.1 Å². The van der Waals surface area contributed by atoms with E-state index in [-0.39, 0.29) is 5.91 Å². The van der Waals surface area contributed by atoms with Crippen LogP contribution in [-0.4, -0.2) is 17.5 Å². The summed E-state index contributed by atoms with van der Waals surface area (Å²) in [6, 6.07) is 15.6. The first kappa shape index (κ1) is 20.3. The van der Waals surface area contributed by atoms with Crippen LogP contribution in [0.3, 0.4) is 0 Å². The predicted octanol–water partition coefficient (Wildman–Crippen LogP) is 6.32. The summed E-state index contributed by atoms with van der Waals surface area (Å²) in [5.74, 6) is 0.629. The Morgan fingerprint density at radius 1 is 1.18 bits per heavy atom. The van der Waals surface area contributed by atoms with Gasteiger partial charge in [0.15, 0.2) is 5.13 Å². The van der Waals surface area contributed by atoms with Crippen molar-refractivity contribution in [2.45, 2.75) is 20.3 Å². The van der Waals surface area contributed by atoms with Crippen LogP contribution in [0.25, 0.3) is 17.3 Å². The van der Waals surface area contributed by atoms with Crippen molar-refractivity contribution in [3.05, 3.63) is 69.5 Å². The fraction of sp³-hybridized carbons (Fsp3) is 0.182. The van der Waals surface area contributed by atoms with Crippen LogP contribution < -0.4 is 10.1 Å². The number of hydrogen-bond donors (Lipinski definition) is 1. The molecular formula is C22H21BrN2O2S. The van der Waals surface area contributed by atoms with Gasteiger partial charge in [0, 0.05) is 21.0 Å². The van der Waals surface area contributed by atoms with E-state index in [9.17, 15) is 4.79 Å². The van der Waals surface area contributed by atoms with Crippen LogP contribution in [0.1, 0.15) is 23.8 Å². The number of benzene rings is 2. The Balaban J connectivity index is 1.62. The molecule has 3 rings (SSSR count). The van der Waals surface area contributed by atoms with Gasteiger partial charge in [-0.2, -0.15) is 0 Å². The lowest BCUT2D eigenvalue weighted by atomic mass is 10.1. The molecule has 144 valence electrons. The zero-order chi connectivity index (χ0) is 19.9. The second-order valence-electron chi connectivity index (χ2n) is 6.17. The molecule has 3 aromatic rings. The maximum Gasteiger partial charge on any atom is 0.250 e. The highest BCUT2D eigenvalue weighted by molar-refractivity contribution is 9.10. The minimum absolute atomic E-state index is 0.206. The van der Waals surface area contributed by atoms with E-state index in [4.69, 9.17) is 4.74 Å². The lowest BCUT2D eigenvalue weighted by Gasteiger charge is -2.04. The van der Waals surface area contributed by atoms with Gasteiger partial charge in [0.2, 0.25) is 5.91 Å². The Labute approximate surface area is 177 Å². The average molecular weight is 457 g/mol. The molecule has 1 N–H and O–H groups in total. The number of aryl methyl sites for hydroxylation is 1. The summed E-state index contributed by atoms with van der Waals surface area (Å²) in [7, 11) is 0. The van der Waals surface area contributed by atoms with E-state index in [1.165, 1.54) is 17.4 Å². The van der Waals surface area contributed by atoms with Crippen molar-refractivity contribution >= 4 is 44.4 Å². The number of halogens is 1. The van der Waals surface area contributed by atoms with Crippen molar-refractivity contribution in [1.82, 2.24) is 4.98 Å². The van der Waals surface area contributed by atoms with Gasteiger partial charge in [0.25, 0.3) is 0 Å². The fourth-order valence-corrected chi connectivity index (χ4v) is 3.64. The molecule has 0 aliphatic rings. The average Bonchev–Trinajstić information content (AvgIpc) is 3.06. The molecule has 4 nitrogen and oxygen atoms in total. The molecule has 0 radical (unpaired) electrons. The number of nitrogens with one attached hydrogen (secondary N) is 1. The third-order valence-corrected chi connectivity index (χ3v) is 5.34. The van der Waals surface area contributed by atoms with Crippen molar-refractivity contribution in [3.63, 3.8) is 0 Å². The van der Waals surface area contributed by atoms with Crippen molar-refractivity contribution in [1.29, 1.82) is 0 Å². The van der Waals surface area contributed by atoms with E-state index < -0.39 is 0 Å². The minimum atomic E-state index is -0.206. The second kappa shape index (κ2) is 9.66. The monoisotopic (exact) mass is 456 g/mol. The van der Waals surface area contributed by atoms with Crippen LogP contribution in [0, 0.1) is 6.92 Å². The maximum atomic E-state index is 12.2. The first-order chi connectivity index (χ1) is 13.5. The fourth-order valence-electron chi connectivity index (χ4n) is 2.54. The van der Waals surface area contributed by atoms with Gasteiger partial charge in [-0.3, -0.25) is 10.1 Å². The number of aromatic nitrogens is 1.